The average Bonchev–Trinajstić information content (AvgIpc) is 3.58. The summed E-state index contributed by atoms with van der Waals surface area (Å²) in [6, 6.07) is 50.8. The van der Waals surface area contributed by atoms with E-state index in [1.165, 1.54) is 103 Å². The van der Waals surface area contributed by atoms with Crippen LogP contribution in [-0.4, -0.2) is 0 Å². The zero-order valence-corrected chi connectivity index (χ0v) is 27.0. The molecule has 47 heavy (non-hydrogen) atoms. The van der Waals surface area contributed by atoms with E-state index in [9.17, 15) is 0 Å². The van der Waals surface area contributed by atoms with E-state index in [1.807, 2.05) is 13.8 Å². The van der Waals surface area contributed by atoms with Crippen molar-refractivity contribution in [3.8, 4) is 0 Å². The SMILES string of the molecule is CC.CC(C1=CCc2ccccc21)(c1cccc2ccccc12)c1cc2ccc3ccc4ccc5ccc6ccc1c1c6c5c4c3c21. The van der Waals surface area contributed by atoms with Crippen molar-refractivity contribution >= 4 is 81.0 Å². The number of allylic oxidation sites excluding steroid dienone is 2. The smallest absolute Gasteiger partial charge is 0.0438 e. The molecule has 0 heteroatoms. The third-order valence-electron chi connectivity index (χ3n) is 11.2. The zero-order chi connectivity index (χ0) is 31.4. The predicted octanol–water partition coefficient (Wildman–Crippen LogP) is 13.0. The molecule has 0 heterocycles. The van der Waals surface area contributed by atoms with Crippen LogP contribution in [0.4, 0.5) is 0 Å². The highest BCUT2D eigenvalue weighted by Crippen LogP contribution is 2.55. The van der Waals surface area contributed by atoms with Gasteiger partial charge < -0.3 is 0 Å². The maximum Gasteiger partial charge on any atom is 0.0438 e. The lowest BCUT2D eigenvalue weighted by molar-refractivity contribution is 0.764. The Labute approximate surface area is 274 Å². The molecule has 11 rings (SSSR count). The molecular weight excluding hydrogens is 565 g/mol. The van der Waals surface area contributed by atoms with E-state index in [0.717, 1.165) is 6.42 Å². The van der Waals surface area contributed by atoms with Crippen molar-refractivity contribution in [2.75, 3.05) is 0 Å². The molecule has 10 aromatic rings. The Morgan fingerprint density at radius 2 is 0.957 bits per heavy atom. The van der Waals surface area contributed by atoms with E-state index in [-0.39, 0.29) is 5.41 Å². The normalized spacial score (nSPS) is 14.5. The van der Waals surface area contributed by atoms with Crippen molar-refractivity contribution in [3.63, 3.8) is 0 Å². The molecule has 1 atom stereocenters. The molecule has 0 aliphatic heterocycles. The van der Waals surface area contributed by atoms with Gasteiger partial charge in [0.15, 0.2) is 0 Å². The molecular formula is C47H34. The summed E-state index contributed by atoms with van der Waals surface area (Å²) in [6.45, 7) is 6.49. The van der Waals surface area contributed by atoms with Gasteiger partial charge in [-0.25, -0.2) is 0 Å². The van der Waals surface area contributed by atoms with E-state index < -0.39 is 0 Å². The summed E-state index contributed by atoms with van der Waals surface area (Å²) >= 11 is 0. The van der Waals surface area contributed by atoms with Gasteiger partial charge in [-0.15, -0.1) is 0 Å². The number of fused-ring (bicyclic) bond motifs is 2. The molecule has 0 saturated carbocycles. The van der Waals surface area contributed by atoms with E-state index >= 15 is 0 Å². The quantitative estimate of drug-likeness (QED) is 0.140. The van der Waals surface area contributed by atoms with Crippen molar-refractivity contribution in [1.29, 1.82) is 0 Å². The largest absolute Gasteiger partial charge is 0.0750 e. The fraction of sp³-hybridized carbons (Fsp3) is 0.106. The summed E-state index contributed by atoms with van der Waals surface area (Å²) < 4.78 is 0. The highest BCUT2D eigenvalue weighted by molar-refractivity contribution is 6.44. The first-order valence-electron chi connectivity index (χ1n) is 17.1. The molecule has 1 aliphatic rings. The zero-order valence-electron chi connectivity index (χ0n) is 27.0. The van der Waals surface area contributed by atoms with Crippen LogP contribution >= 0.6 is 0 Å². The summed E-state index contributed by atoms with van der Waals surface area (Å²) in [4.78, 5) is 0. The molecule has 0 nitrogen and oxygen atoms in total. The molecule has 0 bridgehead atoms. The van der Waals surface area contributed by atoms with E-state index in [4.69, 9.17) is 0 Å². The van der Waals surface area contributed by atoms with Crippen molar-refractivity contribution in [1.82, 2.24) is 0 Å². The maximum absolute atomic E-state index is 2.54. The van der Waals surface area contributed by atoms with E-state index in [2.05, 4.69) is 146 Å². The first-order valence-corrected chi connectivity index (χ1v) is 17.1. The second kappa shape index (κ2) is 9.53. The summed E-state index contributed by atoms with van der Waals surface area (Å²) in [7, 11) is 0. The van der Waals surface area contributed by atoms with Gasteiger partial charge in [-0.1, -0.05) is 147 Å². The molecule has 1 aliphatic carbocycles. The van der Waals surface area contributed by atoms with Gasteiger partial charge in [0.05, 0.1) is 0 Å². The Bertz CT molecular complexity index is 2780. The lowest BCUT2D eigenvalue weighted by atomic mass is 9.66. The molecule has 0 saturated heterocycles. The van der Waals surface area contributed by atoms with Crippen LogP contribution in [0, 0.1) is 0 Å². The van der Waals surface area contributed by atoms with Crippen LogP contribution in [0.1, 0.15) is 43.0 Å². The first-order chi connectivity index (χ1) is 23.2. The van der Waals surface area contributed by atoms with Crippen LogP contribution in [0.3, 0.4) is 0 Å². The van der Waals surface area contributed by atoms with Crippen LogP contribution in [0.15, 0.2) is 140 Å². The van der Waals surface area contributed by atoms with Crippen LogP contribution in [0.2, 0.25) is 0 Å². The number of hydrogen-bond acceptors (Lipinski definition) is 0. The molecule has 0 radical (unpaired) electrons. The van der Waals surface area contributed by atoms with E-state index in [0.29, 0.717) is 0 Å². The van der Waals surface area contributed by atoms with Gasteiger partial charge in [-0.2, -0.15) is 0 Å². The number of benzene rings is 10. The van der Waals surface area contributed by atoms with Gasteiger partial charge in [-0.05, 0) is 123 Å². The van der Waals surface area contributed by atoms with Crippen molar-refractivity contribution in [2.24, 2.45) is 0 Å². The lowest BCUT2D eigenvalue weighted by Crippen LogP contribution is -2.26. The summed E-state index contributed by atoms with van der Waals surface area (Å²) in [5.41, 5.74) is 6.56. The van der Waals surface area contributed by atoms with Crippen molar-refractivity contribution < 1.29 is 0 Å². The molecule has 0 spiro atoms. The molecule has 0 aromatic heterocycles. The molecule has 222 valence electrons. The van der Waals surface area contributed by atoms with Crippen LogP contribution in [0.5, 0.6) is 0 Å². The summed E-state index contributed by atoms with van der Waals surface area (Å²) in [5.74, 6) is 0. The first kappa shape index (κ1) is 26.7. The minimum Gasteiger partial charge on any atom is -0.0750 e. The fourth-order valence-corrected chi connectivity index (χ4v) is 9.25. The monoisotopic (exact) mass is 598 g/mol. The Hall–Kier alpha value is -5.46. The van der Waals surface area contributed by atoms with Gasteiger partial charge in [-0.3, -0.25) is 0 Å². The van der Waals surface area contributed by atoms with Crippen LogP contribution in [-0.2, 0) is 11.8 Å². The average molecular weight is 599 g/mol. The predicted molar refractivity (Wildman–Crippen MR) is 205 cm³/mol. The molecule has 0 N–H and O–H groups in total. The fourth-order valence-electron chi connectivity index (χ4n) is 9.25. The highest BCUT2D eigenvalue weighted by atomic mass is 14.4. The highest BCUT2D eigenvalue weighted by Gasteiger charge is 2.39. The van der Waals surface area contributed by atoms with Crippen molar-refractivity contribution in [2.45, 2.75) is 32.6 Å². The van der Waals surface area contributed by atoms with E-state index in [1.54, 1.807) is 0 Å². The third kappa shape index (κ3) is 3.33. The topological polar surface area (TPSA) is 0 Å². The standard InChI is InChI=1S/C45H28.C2H6/c1-45(37-24-22-27-8-3-5-11-34(27)37,36-12-6-9-26-7-2-4-10-33(26)36)38-25-32-20-19-30-16-14-28-13-15-29-17-18-31-21-23-35(38)44-42(31)40(29)39(28)41(30)43(32)44;1-2/h2-21,23-25H,22H2,1H3;1-2H3. The van der Waals surface area contributed by atoms with Gasteiger partial charge >= 0.3 is 0 Å². The molecule has 1 unspecified atom stereocenters. The van der Waals surface area contributed by atoms with Gasteiger partial charge in [0.25, 0.3) is 0 Å². The second-order valence-electron chi connectivity index (χ2n) is 13.3. The maximum atomic E-state index is 2.54. The Morgan fingerprint density at radius 3 is 1.66 bits per heavy atom. The summed E-state index contributed by atoms with van der Waals surface area (Å²) in [6.07, 6.45) is 3.48. The minimum atomic E-state index is -0.388. The molecule has 10 aromatic carbocycles. The van der Waals surface area contributed by atoms with Gasteiger partial charge in [0.1, 0.15) is 0 Å². The number of hydrogen-bond donors (Lipinski definition) is 0. The van der Waals surface area contributed by atoms with Crippen molar-refractivity contribution in [3.05, 3.63) is 162 Å². The summed E-state index contributed by atoms with van der Waals surface area (Å²) in [5, 5.41) is 19.1. The Balaban J connectivity index is 0.00000140. The van der Waals surface area contributed by atoms with Crippen LogP contribution in [0.25, 0.3) is 81.0 Å². The van der Waals surface area contributed by atoms with Gasteiger partial charge in [0, 0.05) is 5.41 Å². The Morgan fingerprint density at radius 1 is 0.426 bits per heavy atom. The van der Waals surface area contributed by atoms with Crippen LogP contribution < -0.4 is 0 Å². The lowest BCUT2D eigenvalue weighted by Gasteiger charge is -2.36. The third-order valence-corrected chi connectivity index (χ3v) is 11.2. The Kier molecular flexibility index (Phi) is 5.42. The minimum absolute atomic E-state index is 0.388. The second-order valence-corrected chi connectivity index (χ2v) is 13.3. The number of rotatable bonds is 3. The van der Waals surface area contributed by atoms with Gasteiger partial charge in [0.2, 0.25) is 0 Å². The molecule has 0 amide bonds. The molecule has 0 fully saturated rings.